The van der Waals surface area contributed by atoms with Crippen LogP contribution in [0.25, 0.3) is 0 Å². The van der Waals surface area contributed by atoms with E-state index < -0.39 is 23.2 Å². The van der Waals surface area contributed by atoms with Crippen LogP contribution in [-0.2, 0) is 0 Å². The van der Waals surface area contributed by atoms with E-state index in [2.05, 4.69) is 10.2 Å². The number of amides is 1. The minimum atomic E-state index is -0.911. The van der Waals surface area contributed by atoms with E-state index in [1.807, 2.05) is 14.0 Å². The molecule has 0 bridgehead atoms. The lowest BCUT2D eigenvalue weighted by Crippen LogP contribution is -2.48. The SMILES string of the molecule is CC1CN(C)CCC1NC(=O)c1cc(F)c(N)c(F)c1. The fraction of sp³-hybridized carbons (Fsp3) is 0.500. The van der Waals surface area contributed by atoms with Gasteiger partial charge < -0.3 is 16.0 Å². The van der Waals surface area contributed by atoms with Crippen molar-refractivity contribution in [2.75, 3.05) is 25.9 Å². The highest BCUT2D eigenvalue weighted by Crippen LogP contribution is 2.19. The molecule has 0 spiro atoms. The molecule has 2 atom stereocenters. The van der Waals surface area contributed by atoms with Gasteiger partial charge in [-0.25, -0.2) is 8.78 Å². The second-order valence-electron chi connectivity index (χ2n) is 5.46. The Kier molecular flexibility index (Phi) is 4.23. The maximum absolute atomic E-state index is 13.4. The summed E-state index contributed by atoms with van der Waals surface area (Å²) in [5.74, 6) is -2.00. The van der Waals surface area contributed by atoms with Crippen LogP contribution in [0.4, 0.5) is 14.5 Å². The van der Waals surface area contributed by atoms with Crippen molar-refractivity contribution in [1.82, 2.24) is 10.2 Å². The highest BCUT2D eigenvalue weighted by atomic mass is 19.1. The molecule has 1 heterocycles. The number of benzene rings is 1. The third kappa shape index (κ3) is 3.07. The van der Waals surface area contributed by atoms with E-state index in [4.69, 9.17) is 5.73 Å². The van der Waals surface area contributed by atoms with E-state index in [9.17, 15) is 13.6 Å². The first-order valence-electron chi connectivity index (χ1n) is 6.62. The van der Waals surface area contributed by atoms with Crippen LogP contribution in [0.1, 0.15) is 23.7 Å². The fourth-order valence-corrected chi connectivity index (χ4v) is 2.54. The molecule has 20 heavy (non-hydrogen) atoms. The van der Waals surface area contributed by atoms with Crippen LogP contribution < -0.4 is 11.1 Å². The van der Waals surface area contributed by atoms with Crippen molar-refractivity contribution in [1.29, 1.82) is 0 Å². The Morgan fingerprint density at radius 2 is 2.00 bits per heavy atom. The van der Waals surface area contributed by atoms with Crippen LogP contribution in [0, 0.1) is 17.6 Å². The minimum Gasteiger partial charge on any atom is -0.394 e. The molecule has 1 aliphatic rings. The second-order valence-corrected chi connectivity index (χ2v) is 5.46. The average Bonchev–Trinajstić information content (AvgIpc) is 2.38. The molecule has 1 amide bonds. The summed E-state index contributed by atoms with van der Waals surface area (Å²) in [5.41, 5.74) is 4.58. The van der Waals surface area contributed by atoms with Gasteiger partial charge in [-0.05, 0) is 38.1 Å². The fourth-order valence-electron chi connectivity index (χ4n) is 2.54. The number of rotatable bonds is 2. The van der Waals surface area contributed by atoms with Gasteiger partial charge in [-0.2, -0.15) is 0 Å². The quantitative estimate of drug-likeness (QED) is 0.811. The molecule has 1 fully saturated rings. The lowest BCUT2D eigenvalue weighted by Gasteiger charge is -2.35. The van der Waals surface area contributed by atoms with E-state index in [-0.39, 0.29) is 11.6 Å². The summed E-state index contributed by atoms with van der Waals surface area (Å²) >= 11 is 0. The van der Waals surface area contributed by atoms with Gasteiger partial charge in [0, 0.05) is 18.2 Å². The first-order valence-corrected chi connectivity index (χ1v) is 6.62. The summed E-state index contributed by atoms with van der Waals surface area (Å²) in [5, 5.41) is 2.84. The summed E-state index contributed by atoms with van der Waals surface area (Å²) < 4.78 is 26.7. The number of likely N-dealkylation sites (tertiary alicyclic amines) is 1. The number of hydrogen-bond acceptors (Lipinski definition) is 3. The van der Waals surface area contributed by atoms with Crippen molar-refractivity contribution in [2.45, 2.75) is 19.4 Å². The molecule has 2 unspecified atom stereocenters. The Balaban J connectivity index is 2.09. The predicted molar refractivity (Wildman–Crippen MR) is 73.3 cm³/mol. The van der Waals surface area contributed by atoms with Gasteiger partial charge in [-0.3, -0.25) is 4.79 Å². The Morgan fingerprint density at radius 1 is 1.40 bits per heavy atom. The molecule has 1 saturated heterocycles. The van der Waals surface area contributed by atoms with Crippen molar-refractivity contribution in [2.24, 2.45) is 5.92 Å². The highest BCUT2D eigenvalue weighted by Gasteiger charge is 2.26. The molecule has 6 heteroatoms. The zero-order valence-electron chi connectivity index (χ0n) is 11.6. The molecule has 3 N–H and O–H groups in total. The number of nitrogens with two attached hydrogens (primary N) is 1. The number of nitrogens with zero attached hydrogens (tertiary/aromatic N) is 1. The Hall–Kier alpha value is -1.69. The van der Waals surface area contributed by atoms with Crippen molar-refractivity contribution in [3.8, 4) is 0 Å². The summed E-state index contributed by atoms with van der Waals surface area (Å²) in [4.78, 5) is 14.2. The number of anilines is 1. The molecule has 0 aromatic heterocycles. The number of nitrogens with one attached hydrogen (secondary N) is 1. The summed E-state index contributed by atoms with van der Waals surface area (Å²) in [6.07, 6.45) is 0.823. The van der Waals surface area contributed by atoms with Crippen LogP contribution in [0.2, 0.25) is 0 Å². The van der Waals surface area contributed by atoms with E-state index in [1.165, 1.54) is 0 Å². The van der Waals surface area contributed by atoms with Gasteiger partial charge in [0.2, 0.25) is 0 Å². The van der Waals surface area contributed by atoms with E-state index in [0.717, 1.165) is 31.6 Å². The Bertz CT molecular complexity index is 498. The lowest BCUT2D eigenvalue weighted by atomic mass is 9.94. The molecular formula is C14H19F2N3O. The topological polar surface area (TPSA) is 58.4 Å². The molecule has 110 valence electrons. The summed E-state index contributed by atoms with van der Waals surface area (Å²) in [6, 6.07) is 1.95. The minimum absolute atomic E-state index is 0.0161. The number of carbonyl (C=O) groups excluding carboxylic acids is 1. The number of halogens is 2. The zero-order valence-corrected chi connectivity index (χ0v) is 11.6. The number of piperidine rings is 1. The second kappa shape index (κ2) is 5.75. The van der Waals surface area contributed by atoms with E-state index >= 15 is 0 Å². The van der Waals surface area contributed by atoms with Crippen molar-refractivity contribution in [3.05, 3.63) is 29.3 Å². The summed E-state index contributed by atoms with van der Waals surface area (Å²) in [7, 11) is 2.03. The van der Waals surface area contributed by atoms with Gasteiger partial charge in [0.15, 0.2) is 0 Å². The lowest BCUT2D eigenvalue weighted by molar-refractivity contribution is 0.0883. The van der Waals surface area contributed by atoms with Crippen molar-refractivity contribution >= 4 is 11.6 Å². The van der Waals surface area contributed by atoms with E-state index in [0.29, 0.717) is 5.92 Å². The van der Waals surface area contributed by atoms with Crippen LogP contribution in [0.15, 0.2) is 12.1 Å². The largest absolute Gasteiger partial charge is 0.394 e. The Labute approximate surface area is 116 Å². The van der Waals surface area contributed by atoms with E-state index in [1.54, 1.807) is 0 Å². The number of hydrogen-bond donors (Lipinski definition) is 2. The molecule has 0 radical (unpaired) electrons. The zero-order chi connectivity index (χ0) is 14.9. The molecule has 0 saturated carbocycles. The third-order valence-electron chi connectivity index (χ3n) is 3.77. The first-order chi connectivity index (χ1) is 9.38. The van der Waals surface area contributed by atoms with Gasteiger partial charge in [0.05, 0.1) is 0 Å². The van der Waals surface area contributed by atoms with Crippen LogP contribution in [-0.4, -0.2) is 37.0 Å². The van der Waals surface area contributed by atoms with Gasteiger partial charge in [-0.1, -0.05) is 6.92 Å². The van der Waals surface area contributed by atoms with Gasteiger partial charge in [-0.15, -0.1) is 0 Å². The smallest absolute Gasteiger partial charge is 0.251 e. The average molecular weight is 283 g/mol. The monoisotopic (exact) mass is 283 g/mol. The molecule has 1 aromatic carbocycles. The van der Waals surface area contributed by atoms with Gasteiger partial charge in [0.1, 0.15) is 17.3 Å². The molecular weight excluding hydrogens is 264 g/mol. The summed E-state index contributed by atoms with van der Waals surface area (Å²) in [6.45, 7) is 3.82. The molecule has 2 rings (SSSR count). The molecule has 1 aromatic rings. The maximum Gasteiger partial charge on any atom is 0.251 e. The van der Waals surface area contributed by atoms with Crippen molar-refractivity contribution < 1.29 is 13.6 Å². The van der Waals surface area contributed by atoms with Crippen LogP contribution in [0.3, 0.4) is 0 Å². The van der Waals surface area contributed by atoms with Gasteiger partial charge in [0.25, 0.3) is 5.91 Å². The number of carbonyl (C=O) groups is 1. The maximum atomic E-state index is 13.4. The number of nitrogen functional groups attached to an aromatic ring is 1. The van der Waals surface area contributed by atoms with Crippen LogP contribution >= 0.6 is 0 Å². The molecule has 0 aliphatic carbocycles. The Morgan fingerprint density at radius 3 is 2.55 bits per heavy atom. The normalized spacial score (nSPS) is 23.6. The third-order valence-corrected chi connectivity index (χ3v) is 3.77. The highest BCUT2D eigenvalue weighted by molar-refractivity contribution is 5.94. The van der Waals surface area contributed by atoms with Crippen LogP contribution in [0.5, 0.6) is 0 Å². The first kappa shape index (κ1) is 14.7. The predicted octanol–water partition coefficient (Wildman–Crippen LogP) is 1.62. The molecule has 4 nitrogen and oxygen atoms in total. The van der Waals surface area contributed by atoms with Gasteiger partial charge >= 0.3 is 0 Å². The molecule has 1 aliphatic heterocycles. The standard InChI is InChI=1S/C14H19F2N3O/c1-8-7-19(2)4-3-12(8)18-14(20)9-5-10(15)13(17)11(16)6-9/h5-6,8,12H,3-4,7,17H2,1-2H3,(H,18,20). The van der Waals surface area contributed by atoms with Crippen molar-refractivity contribution in [3.63, 3.8) is 0 Å².